The van der Waals surface area contributed by atoms with Crippen LogP contribution in [0.2, 0.25) is 0 Å². The van der Waals surface area contributed by atoms with Crippen molar-refractivity contribution in [3.63, 3.8) is 0 Å². The molecule has 262 valence electrons. The Morgan fingerprint density at radius 3 is 1.87 bits per heavy atom. The number of rotatable bonds is 30. The van der Waals surface area contributed by atoms with Gasteiger partial charge in [0.2, 0.25) is 11.8 Å². The molecule has 0 rings (SSSR count). The van der Waals surface area contributed by atoms with E-state index in [2.05, 4.69) is 67.0 Å². The molecule has 0 bridgehead atoms. The fourth-order valence-electron chi connectivity index (χ4n) is 4.53. The average Bonchev–Trinajstić information content (AvgIpc) is 3.03. The van der Waals surface area contributed by atoms with E-state index in [1.54, 1.807) is 0 Å². The third-order valence-electron chi connectivity index (χ3n) is 7.24. The summed E-state index contributed by atoms with van der Waals surface area (Å²) < 4.78 is 5.82. The molecule has 0 saturated carbocycles. The van der Waals surface area contributed by atoms with Gasteiger partial charge in [0, 0.05) is 12.8 Å². The van der Waals surface area contributed by atoms with E-state index in [9.17, 15) is 19.2 Å². The number of carbonyl (C=O) groups excluding carboxylic acids is 3. The monoisotopic (exact) mass is 646 g/mol. The zero-order valence-corrected chi connectivity index (χ0v) is 28.6. The highest BCUT2D eigenvalue weighted by molar-refractivity contribution is 5.87. The van der Waals surface area contributed by atoms with Crippen LogP contribution in [-0.4, -0.2) is 59.3 Å². The van der Waals surface area contributed by atoms with Crippen LogP contribution in [-0.2, 0) is 23.9 Å². The second-order valence-corrected chi connectivity index (χ2v) is 11.6. The maximum absolute atomic E-state index is 12.6. The summed E-state index contributed by atoms with van der Waals surface area (Å²) >= 11 is 0. The summed E-state index contributed by atoms with van der Waals surface area (Å²) in [5, 5.41) is 22.4. The Kier molecular flexibility index (Phi) is 29.6. The molecule has 2 amide bonds. The molecular weight excluding hydrogens is 584 g/mol. The van der Waals surface area contributed by atoms with Gasteiger partial charge in [-0.15, -0.1) is 0 Å². The van der Waals surface area contributed by atoms with Gasteiger partial charge < -0.3 is 25.6 Å². The van der Waals surface area contributed by atoms with Crippen LogP contribution < -0.4 is 10.6 Å². The summed E-state index contributed by atoms with van der Waals surface area (Å²) in [6.07, 6.45) is 34.5. The zero-order valence-electron chi connectivity index (χ0n) is 28.6. The minimum Gasteiger partial charge on any atom is -0.480 e. The SMILES string of the molecule is CCC/C=C\C/C=C\CCCCCCCC(=O)OC(/C=C\C/C=C\CCC)CCCCCCC(=O)NCC(=O)NC(CO)C(=O)O. The number of aliphatic hydroxyl groups excluding tert-OH is 1. The Labute approximate surface area is 278 Å². The molecular formula is C37H62N2O7. The predicted octanol–water partition coefficient (Wildman–Crippen LogP) is 7.25. The number of hydrogen-bond acceptors (Lipinski definition) is 6. The lowest BCUT2D eigenvalue weighted by molar-refractivity contribution is -0.147. The largest absolute Gasteiger partial charge is 0.480 e. The molecule has 2 unspecified atom stereocenters. The lowest BCUT2D eigenvalue weighted by atomic mass is 10.1. The molecule has 0 aromatic rings. The Morgan fingerprint density at radius 2 is 1.24 bits per heavy atom. The number of nitrogens with one attached hydrogen (secondary N) is 2. The highest BCUT2D eigenvalue weighted by Crippen LogP contribution is 2.14. The van der Waals surface area contributed by atoms with Crippen molar-refractivity contribution in [1.82, 2.24) is 10.6 Å². The molecule has 0 saturated heterocycles. The molecule has 4 N–H and O–H groups in total. The molecule has 46 heavy (non-hydrogen) atoms. The van der Waals surface area contributed by atoms with Gasteiger partial charge in [0.15, 0.2) is 0 Å². The Hall–Kier alpha value is -3.20. The number of carboxylic acids is 1. The van der Waals surface area contributed by atoms with Gasteiger partial charge in [0.1, 0.15) is 12.1 Å². The highest BCUT2D eigenvalue weighted by atomic mass is 16.5. The van der Waals surface area contributed by atoms with Crippen molar-refractivity contribution in [3.8, 4) is 0 Å². The van der Waals surface area contributed by atoms with Crippen molar-refractivity contribution < 1.29 is 34.1 Å². The fourth-order valence-corrected chi connectivity index (χ4v) is 4.53. The van der Waals surface area contributed by atoms with Gasteiger partial charge in [-0.1, -0.05) is 101 Å². The van der Waals surface area contributed by atoms with Crippen molar-refractivity contribution in [3.05, 3.63) is 48.6 Å². The first-order chi connectivity index (χ1) is 22.3. The zero-order chi connectivity index (χ0) is 34.1. The highest BCUT2D eigenvalue weighted by Gasteiger charge is 2.18. The van der Waals surface area contributed by atoms with Crippen molar-refractivity contribution in [2.45, 2.75) is 148 Å². The summed E-state index contributed by atoms with van der Waals surface area (Å²) in [7, 11) is 0. The van der Waals surface area contributed by atoms with Gasteiger partial charge >= 0.3 is 11.9 Å². The second-order valence-electron chi connectivity index (χ2n) is 11.6. The number of aliphatic hydroxyl groups is 1. The Bertz CT molecular complexity index is 927. The van der Waals surface area contributed by atoms with Crippen LogP contribution in [0.25, 0.3) is 0 Å². The summed E-state index contributed by atoms with van der Waals surface area (Å²) in [5.41, 5.74) is 0. The van der Waals surface area contributed by atoms with Crippen LogP contribution in [0.4, 0.5) is 0 Å². The number of carboxylic acid groups (broad SMARTS) is 1. The summed E-state index contributed by atoms with van der Waals surface area (Å²) in [5.74, 6) is -2.46. The number of amides is 2. The average molecular weight is 647 g/mol. The van der Waals surface area contributed by atoms with E-state index in [0.29, 0.717) is 12.8 Å². The quantitative estimate of drug-likeness (QED) is 0.0366. The van der Waals surface area contributed by atoms with E-state index in [1.807, 2.05) is 6.08 Å². The molecule has 0 heterocycles. The van der Waals surface area contributed by atoms with Crippen molar-refractivity contribution in [2.75, 3.05) is 13.2 Å². The van der Waals surface area contributed by atoms with E-state index in [-0.39, 0.29) is 30.9 Å². The van der Waals surface area contributed by atoms with Gasteiger partial charge in [0.05, 0.1) is 13.2 Å². The minimum atomic E-state index is -1.39. The van der Waals surface area contributed by atoms with Crippen molar-refractivity contribution in [1.29, 1.82) is 0 Å². The van der Waals surface area contributed by atoms with E-state index >= 15 is 0 Å². The molecule has 9 heteroatoms. The first-order valence-electron chi connectivity index (χ1n) is 17.5. The van der Waals surface area contributed by atoms with Crippen LogP contribution in [0.1, 0.15) is 136 Å². The van der Waals surface area contributed by atoms with Crippen molar-refractivity contribution >= 4 is 23.8 Å². The molecule has 0 radical (unpaired) electrons. The van der Waals surface area contributed by atoms with Crippen LogP contribution in [0.15, 0.2) is 48.6 Å². The maximum Gasteiger partial charge on any atom is 0.328 e. The van der Waals surface area contributed by atoms with Crippen molar-refractivity contribution in [2.24, 2.45) is 0 Å². The van der Waals surface area contributed by atoms with E-state index in [4.69, 9.17) is 14.9 Å². The second kappa shape index (κ2) is 31.8. The maximum atomic E-state index is 12.6. The molecule has 0 fully saturated rings. The van der Waals surface area contributed by atoms with Gasteiger partial charge in [-0.05, 0) is 70.3 Å². The summed E-state index contributed by atoms with van der Waals surface area (Å²) in [6.45, 7) is 3.26. The van der Waals surface area contributed by atoms with Gasteiger partial charge in [-0.25, -0.2) is 4.79 Å². The summed E-state index contributed by atoms with van der Waals surface area (Å²) in [6, 6.07) is -1.39. The number of esters is 1. The fraction of sp³-hybridized carbons (Fsp3) is 0.676. The summed E-state index contributed by atoms with van der Waals surface area (Å²) in [4.78, 5) is 47.2. The normalized spacial score (nSPS) is 13.1. The van der Waals surface area contributed by atoms with Gasteiger partial charge in [0.25, 0.3) is 0 Å². The van der Waals surface area contributed by atoms with E-state index in [0.717, 1.165) is 83.5 Å². The van der Waals surface area contributed by atoms with Gasteiger partial charge in [-0.3, -0.25) is 14.4 Å². The smallest absolute Gasteiger partial charge is 0.328 e. The van der Waals surface area contributed by atoms with E-state index in [1.165, 1.54) is 19.3 Å². The van der Waals surface area contributed by atoms with Crippen LogP contribution in [0, 0.1) is 0 Å². The molecule has 9 nitrogen and oxygen atoms in total. The number of ether oxygens (including phenoxy) is 1. The number of unbranched alkanes of at least 4 members (excludes halogenated alkanes) is 10. The molecule has 0 aromatic heterocycles. The third kappa shape index (κ3) is 28.3. The number of aliphatic carboxylic acids is 1. The molecule has 2 atom stereocenters. The topological polar surface area (TPSA) is 142 Å². The van der Waals surface area contributed by atoms with Crippen LogP contribution >= 0.6 is 0 Å². The molecule has 0 aliphatic heterocycles. The number of hydrogen-bond donors (Lipinski definition) is 4. The minimum absolute atomic E-state index is 0.149. The van der Waals surface area contributed by atoms with Gasteiger partial charge in [-0.2, -0.15) is 0 Å². The number of allylic oxidation sites excluding steroid dienone is 7. The predicted molar refractivity (Wildman–Crippen MR) is 185 cm³/mol. The van der Waals surface area contributed by atoms with E-state index < -0.39 is 24.5 Å². The Balaban J connectivity index is 4.29. The molecule has 0 aliphatic rings. The third-order valence-corrected chi connectivity index (χ3v) is 7.24. The molecule has 0 spiro atoms. The van der Waals surface area contributed by atoms with Crippen LogP contribution in [0.3, 0.4) is 0 Å². The Morgan fingerprint density at radius 1 is 0.674 bits per heavy atom. The number of carbonyl (C=O) groups is 4. The van der Waals surface area contributed by atoms with Crippen LogP contribution in [0.5, 0.6) is 0 Å². The molecule has 0 aromatic carbocycles. The lowest BCUT2D eigenvalue weighted by Gasteiger charge is -2.15. The lowest BCUT2D eigenvalue weighted by Crippen LogP contribution is -2.47. The molecule has 0 aliphatic carbocycles. The first-order valence-corrected chi connectivity index (χ1v) is 17.5. The standard InChI is InChI=1S/C37H62N2O7/c1-3-5-7-9-11-12-13-14-15-16-17-19-25-29-36(43)46-32(26-22-18-10-8-6-4-2)27-23-20-21-24-28-34(41)38-30-35(42)39-33(31-40)37(44)45/h7-10,12-13,22,26,32-33,40H,3-6,11,14-21,23-25,27-31H2,1-2H3,(H,38,41)(H,39,42)(H,44,45)/b9-7-,10-8-,13-12-,26-22-. The first kappa shape index (κ1) is 42.8.